The van der Waals surface area contributed by atoms with Crippen LogP contribution in [0.3, 0.4) is 0 Å². The van der Waals surface area contributed by atoms with E-state index in [9.17, 15) is 0 Å². The van der Waals surface area contributed by atoms with E-state index in [1.54, 1.807) is 0 Å². The van der Waals surface area contributed by atoms with Crippen molar-refractivity contribution in [2.45, 2.75) is 13.3 Å². The Morgan fingerprint density at radius 3 is 2.76 bits per heavy atom. The van der Waals surface area contributed by atoms with Gasteiger partial charge in [0.2, 0.25) is 0 Å². The Labute approximate surface area is 103 Å². The van der Waals surface area contributed by atoms with E-state index in [1.807, 2.05) is 12.1 Å². The van der Waals surface area contributed by atoms with Crippen molar-refractivity contribution in [2.75, 3.05) is 26.4 Å². The van der Waals surface area contributed by atoms with E-state index in [1.165, 1.54) is 5.56 Å². The first-order valence-electron chi connectivity index (χ1n) is 6.27. The predicted octanol–water partition coefficient (Wildman–Crippen LogP) is 1.99. The maximum absolute atomic E-state index is 5.81. The molecule has 3 nitrogen and oxygen atoms in total. The fraction of sp³-hybridized carbons (Fsp3) is 0.571. The first kappa shape index (κ1) is 12.4. The van der Waals surface area contributed by atoms with Gasteiger partial charge in [-0.25, -0.2) is 0 Å². The maximum atomic E-state index is 5.81. The Hall–Kier alpha value is -1.06. The molecule has 2 atom stereocenters. The molecule has 3 heteroatoms. The summed E-state index contributed by atoms with van der Waals surface area (Å²) in [6.07, 6.45) is 1.11. The van der Waals surface area contributed by atoms with Crippen LogP contribution < -0.4 is 10.5 Å². The average Bonchev–Trinajstić information content (AvgIpc) is 2.86. The van der Waals surface area contributed by atoms with Crippen molar-refractivity contribution >= 4 is 0 Å². The molecule has 0 saturated carbocycles. The smallest absolute Gasteiger partial charge is 0.119 e. The number of aryl methyl sites for hydroxylation is 1. The van der Waals surface area contributed by atoms with E-state index >= 15 is 0 Å². The lowest BCUT2D eigenvalue weighted by Crippen LogP contribution is -2.29. The van der Waals surface area contributed by atoms with Crippen molar-refractivity contribution < 1.29 is 9.47 Å². The predicted molar refractivity (Wildman–Crippen MR) is 68.1 cm³/mol. The van der Waals surface area contributed by atoms with E-state index in [-0.39, 0.29) is 0 Å². The van der Waals surface area contributed by atoms with Gasteiger partial charge >= 0.3 is 0 Å². The third kappa shape index (κ3) is 3.45. The van der Waals surface area contributed by atoms with Crippen LogP contribution in [0, 0.1) is 18.8 Å². The Morgan fingerprint density at radius 1 is 1.41 bits per heavy atom. The van der Waals surface area contributed by atoms with Crippen LogP contribution in [0.1, 0.15) is 12.0 Å². The minimum atomic E-state index is 0.402. The van der Waals surface area contributed by atoms with Gasteiger partial charge in [-0.3, -0.25) is 0 Å². The number of benzene rings is 1. The van der Waals surface area contributed by atoms with Crippen molar-refractivity contribution in [3.63, 3.8) is 0 Å². The molecule has 1 aromatic rings. The van der Waals surface area contributed by atoms with Crippen LogP contribution >= 0.6 is 0 Å². The third-order valence-corrected chi connectivity index (χ3v) is 3.42. The monoisotopic (exact) mass is 235 g/mol. The Kier molecular flexibility index (Phi) is 4.40. The molecule has 0 radical (unpaired) electrons. The van der Waals surface area contributed by atoms with Crippen molar-refractivity contribution in [2.24, 2.45) is 17.6 Å². The summed E-state index contributed by atoms with van der Waals surface area (Å²) in [4.78, 5) is 0. The lowest BCUT2D eigenvalue weighted by atomic mass is 9.92. The van der Waals surface area contributed by atoms with Crippen LogP contribution in [0.2, 0.25) is 0 Å². The molecule has 1 saturated heterocycles. The fourth-order valence-electron chi connectivity index (χ4n) is 2.16. The van der Waals surface area contributed by atoms with Gasteiger partial charge in [-0.15, -0.1) is 0 Å². The molecule has 0 bridgehead atoms. The molecule has 1 aromatic carbocycles. The SMILES string of the molecule is Cc1ccc(OCC(CN)C2CCOC2)cc1. The molecule has 1 heterocycles. The van der Waals surface area contributed by atoms with Crippen molar-refractivity contribution in [3.8, 4) is 5.75 Å². The summed E-state index contributed by atoms with van der Waals surface area (Å²) in [6, 6.07) is 8.14. The largest absolute Gasteiger partial charge is 0.493 e. The minimum absolute atomic E-state index is 0.402. The highest BCUT2D eigenvalue weighted by Gasteiger charge is 2.25. The molecule has 0 amide bonds. The summed E-state index contributed by atoms with van der Waals surface area (Å²) in [5.41, 5.74) is 7.05. The third-order valence-electron chi connectivity index (χ3n) is 3.42. The van der Waals surface area contributed by atoms with Gasteiger partial charge in [0.05, 0.1) is 6.61 Å². The number of hydrogen-bond acceptors (Lipinski definition) is 3. The molecular formula is C14H21NO2. The highest BCUT2D eigenvalue weighted by Crippen LogP contribution is 2.22. The molecule has 2 N–H and O–H groups in total. The van der Waals surface area contributed by atoms with Gasteiger partial charge in [-0.05, 0) is 37.9 Å². The van der Waals surface area contributed by atoms with E-state index < -0.39 is 0 Å². The second-order valence-electron chi connectivity index (χ2n) is 4.74. The van der Waals surface area contributed by atoms with Crippen molar-refractivity contribution in [3.05, 3.63) is 29.8 Å². The molecule has 0 spiro atoms. The van der Waals surface area contributed by atoms with E-state index in [2.05, 4.69) is 19.1 Å². The lowest BCUT2D eigenvalue weighted by molar-refractivity contribution is 0.150. The molecule has 1 aliphatic heterocycles. The zero-order valence-corrected chi connectivity index (χ0v) is 10.4. The van der Waals surface area contributed by atoms with Crippen LogP contribution in [0.15, 0.2) is 24.3 Å². The Balaban J connectivity index is 1.84. The number of ether oxygens (including phenoxy) is 2. The first-order valence-corrected chi connectivity index (χ1v) is 6.27. The molecule has 2 unspecified atom stereocenters. The number of rotatable bonds is 5. The van der Waals surface area contributed by atoms with Crippen molar-refractivity contribution in [1.29, 1.82) is 0 Å². The van der Waals surface area contributed by atoms with E-state index in [4.69, 9.17) is 15.2 Å². The summed E-state index contributed by atoms with van der Waals surface area (Å²) in [7, 11) is 0. The average molecular weight is 235 g/mol. The quantitative estimate of drug-likeness (QED) is 0.848. The molecule has 2 rings (SSSR count). The molecule has 0 aliphatic carbocycles. The zero-order chi connectivity index (χ0) is 12.1. The van der Waals surface area contributed by atoms with Gasteiger partial charge < -0.3 is 15.2 Å². The van der Waals surface area contributed by atoms with Crippen LogP contribution in [-0.4, -0.2) is 26.4 Å². The first-order chi connectivity index (χ1) is 8.29. The van der Waals surface area contributed by atoms with Crippen molar-refractivity contribution in [1.82, 2.24) is 0 Å². The van der Waals surface area contributed by atoms with Gasteiger partial charge in [0.15, 0.2) is 0 Å². The summed E-state index contributed by atoms with van der Waals surface area (Å²) in [5, 5.41) is 0. The number of hydrogen-bond donors (Lipinski definition) is 1. The highest BCUT2D eigenvalue weighted by atomic mass is 16.5. The van der Waals surface area contributed by atoms with Crippen LogP contribution in [0.25, 0.3) is 0 Å². The van der Waals surface area contributed by atoms with Gasteiger partial charge in [0, 0.05) is 19.1 Å². The standard InChI is InChI=1S/C14H21NO2/c1-11-2-4-14(5-3-11)17-10-13(8-15)12-6-7-16-9-12/h2-5,12-13H,6-10,15H2,1H3. The molecule has 94 valence electrons. The van der Waals surface area contributed by atoms with Crippen LogP contribution in [0.5, 0.6) is 5.75 Å². The van der Waals surface area contributed by atoms with Gasteiger partial charge in [-0.2, -0.15) is 0 Å². The van der Waals surface area contributed by atoms with Gasteiger partial charge in [0.1, 0.15) is 5.75 Å². The second kappa shape index (κ2) is 6.03. The topological polar surface area (TPSA) is 44.5 Å². The molecule has 17 heavy (non-hydrogen) atoms. The zero-order valence-electron chi connectivity index (χ0n) is 10.4. The highest BCUT2D eigenvalue weighted by molar-refractivity contribution is 5.26. The number of nitrogens with two attached hydrogens (primary N) is 1. The van der Waals surface area contributed by atoms with Gasteiger partial charge in [0.25, 0.3) is 0 Å². The normalized spacial score (nSPS) is 21.4. The fourth-order valence-corrected chi connectivity index (χ4v) is 2.16. The summed E-state index contributed by atoms with van der Waals surface area (Å²) in [5.74, 6) is 1.89. The molecule has 1 fully saturated rings. The maximum Gasteiger partial charge on any atom is 0.119 e. The van der Waals surface area contributed by atoms with E-state index in [0.717, 1.165) is 25.4 Å². The molecular weight excluding hydrogens is 214 g/mol. The van der Waals surface area contributed by atoms with E-state index in [0.29, 0.717) is 25.0 Å². The summed E-state index contributed by atoms with van der Waals surface area (Å²) < 4.78 is 11.2. The molecule has 1 aliphatic rings. The molecule has 0 aromatic heterocycles. The van der Waals surface area contributed by atoms with Crippen LogP contribution in [0.4, 0.5) is 0 Å². The Bertz CT molecular complexity index is 331. The minimum Gasteiger partial charge on any atom is -0.493 e. The Morgan fingerprint density at radius 2 is 2.18 bits per heavy atom. The summed E-state index contributed by atoms with van der Waals surface area (Å²) >= 11 is 0. The van der Waals surface area contributed by atoms with Gasteiger partial charge in [-0.1, -0.05) is 17.7 Å². The van der Waals surface area contributed by atoms with Crippen LogP contribution in [-0.2, 0) is 4.74 Å². The lowest BCUT2D eigenvalue weighted by Gasteiger charge is -2.20. The second-order valence-corrected chi connectivity index (χ2v) is 4.74. The summed E-state index contributed by atoms with van der Waals surface area (Å²) in [6.45, 7) is 5.13.